The molecular weight excluding hydrogens is 340 g/mol. The number of anilines is 1. The van der Waals surface area contributed by atoms with E-state index in [0.29, 0.717) is 0 Å². The highest BCUT2D eigenvalue weighted by Gasteiger charge is 2.21. The zero-order valence-electron chi connectivity index (χ0n) is 16.3. The molecule has 0 aliphatic carbocycles. The number of hydrogen-bond donors (Lipinski definition) is 1. The minimum absolute atomic E-state index is 0.813. The minimum atomic E-state index is 0.813. The third-order valence-corrected chi connectivity index (χ3v) is 4.74. The van der Waals surface area contributed by atoms with Crippen LogP contribution in [0.5, 0.6) is 5.75 Å². The smallest absolute Gasteiger partial charge is 0.194 e. The van der Waals surface area contributed by atoms with E-state index in [9.17, 15) is 0 Å². The first-order valence-corrected chi connectivity index (χ1v) is 9.68. The Bertz CT molecular complexity index is 707. The van der Waals surface area contributed by atoms with Crippen LogP contribution in [0.1, 0.15) is 13.3 Å². The molecule has 0 atom stereocenters. The van der Waals surface area contributed by atoms with Gasteiger partial charge < -0.3 is 24.4 Å². The molecule has 1 aromatic heterocycles. The van der Waals surface area contributed by atoms with Gasteiger partial charge in [-0.25, -0.2) is 4.98 Å². The van der Waals surface area contributed by atoms with Crippen molar-refractivity contribution in [3.8, 4) is 5.75 Å². The number of methoxy groups -OCH3 is 1. The molecule has 1 aliphatic rings. The number of nitrogens with zero attached hydrogens (tertiary/aromatic N) is 5. The number of rotatable bonds is 7. The summed E-state index contributed by atoms with van der Waals surface area (Å²) in [6.45, 7) is 8.58. The maximum absolute atomic E-state index is 5.51. The quantitative estimate of drug-likeness (QED) is 0.459. The van der Waals surface area contributed by atoms with Crippen molar-refractivity contribution in [3.05, 3.63) is 43.0 Å². The molecular formula is C20H30N6O. The van der Waals surface area contributed by atoms with Crippen molar-refractivity contribution >= 4 is 11.6 Å². The molecule has 27 heavy (non-hydrogen) atoms. The SMILES string of the molecule is CCNC(=NCCCn1ccnc1)N1CCN(c2ccccc2OC)CC1. The Morgan fingerprint density at radius 3 is 2.74 bits per heavy atom. The number of imidazole rings is 1. The summed E-state index contributed by atoms with van der Waals surface area (Å²) >= 11 is 0. The Hall–Kier alpha value is -2.70. The topological polar surface area (TPSA) is 57.9 Å². The normalized spacial score (nSPS) is 15.1. The maximum Gasteiger partial charge on any atom is 0.194 e. The van der Waals surface area contributed by atoms with Gasteiger partial charge in [-0.3, -0.25) is 4.99 Å². The molecule has 0 spiro atoms. The van der Waals surface area contributed by atoms with Crippen molar-refractivity contribution in [1.82, 2.24) is 19.8 Å². The van der Waals surface area contributed by atoms with Gasteiger partial charge in [0.1, 0.15) is 5.75 Å². The van der Waals surface area contributed by atoms with Crippen molar-refractivity contribution in [1.29, 1.82) is 0 Å². The lowest BCUT2D eigenvalue weighted by atomic mass is 10.2. The lowest BCUT2D eigenvalue weighted by Crippen LogP contribution is -2.52. The minimum Gasteiger partial charge on any atom is -0.495 e. The van der Waals surface area contributed by atoms with E-state index < -0.39 is 0 Å². The van der Waals surface area contributed by atoms with Gasteiger partial charge in [-0.05, 0) is 25.5 Å². The first-order valence-electron chi connectivity index (χ1n) is 9.68. The molecule has 146 valence electrons. The van der Waals surface area contributed by atoms with Crippen LogP contribution in [0.15, 0.2) is 48.0 Å². The molecule has 0 unspecified atom stereocenters. The van der Waals surface area contributed by atoms with E-state index in [-0.39, 0.29) is 0 Å². The van der Waals surface area contributed by atoms with E-state index in [2.05, 4.69) is 43.7 Å². The second-order valence-corrected chi connectivity index (χ2v) is 6.54. The predicted octanol–water partition coefficient (Wildman–Crippen LogP) is 2.07. The van der Waals surface area contributed by atoms with E-state index in [1.165, 1.54) is 5.69 Å². The lowest BCUT2D eigenvalue weighted by molar-refractivity contribution is 0.367. The molecule has 1 N–H and O–H groups in total. The molecule has 1 aliphatic heterocycles. The van der Waals surface area contributed by atoms with Crippen LogP contribution >= 0.6 is 0 Å². The first-order chi connectivity index (χ1) is 13.3. The van der Waals surface area contributed by atoms with Gasteiger partial charge in [0, 0.05) is 58.2 Å². The molecule has 0 bridgehead atoms. The molecule has 0 amide bonds. The van der Waals surface area contributed by atoms with Crippen molar-refractivity contribution < 1.29 is 4.74 Å². The summed E-state index contributed by atoms with van der Waals surface area (Å²) in [6, 6.07) is 8.23. The number of piperazine rings is 1. The number of aromatic nitrogens is 2. The highest BCUT2D eigenvalue weighted by Crippen LogP contribution is 2.28. The van der Waals surface area contributed by atoms with Gasteiger partial charge in [-0.15, -0.1) is 0 Å². The number of hydrogen-bond acceptors (Lipinski definition) is 4. The molecule has 1 aromatic carbocycles. The van der Waals surface area contributed by atoms with Crippen molar-refractivity contribution in [2.45, 2.75) is 19.9 Å². The fraction of sp³-hybridized carbons (Fsp3) is 0.500. The van der Waals surface area contributed by atoms with Crippen LogP contribution in [0.2, 0.25) is 0 Å². The van der Waals surface area contributed by atoms with Gasteiger partial charge in [0.05, 0.1) is 19.1 Å². The summed E-state index contributed by atoms with van der Waals surface area (Å²) in [5, 5.41) is 3.44. The van der Waals surface area contributed by atoms with E-state index in [4.69, 9.17) is 9.73 Å². The van der Waals surface area contributed by atoms with E-state index in [1.807, 2.05) is 30.9 Å². The van der Waals surface area contributed by atoms with Crippen molar-refractivity contribution in [2.24, 2.45) is 4.99 Å². The molecule has 2 aromatic rings. The Balaban J connectivity index is 1.54. The van der Waals surface area contributed by atoms with Crippen LogP contribution in [0.4, 0.5) is 5.69 Å². The number of aryl methyl sites for hydroxylation is 1. The summed E-state index contributed by atoms with van der Waals surface area (Å²) in [7, 11) is 1.73. The molecule has 7 heteroatoms. The average molecular weight is 371 g/mol. The van der Waals surface area contributed by atoms with Crippen molar-refractivity contribution in [2.75, 3.05) is 51.3 Å². The molecule has 0 saturated carbocycles. The lowest BCUT2D eigenvalue weighted by Gasteiger charge is -2.38. The summed E-state index contributed by atoms with van der Waals surface area (Å²) in [4.78, 5) is 13.6. The molecule has 0 radical (unpaired) electrons. The zero-order valence-corrected chi connectivity index (χ0v) is 16.3. The number of ether oxygens (including phenoxy) is 1. The van der Waals surface area contributed by atoms with Crippen LogP contribution in [-0.2, 0) is 6.54 Å². The predicted molar refractivity (Wildman–Crippen MR) is 110 cm³/mol. The Morgan fingerprint density at radius 2 is 2.04 bits per heavy atom. The van der Waals surface area contributed by atoms with Gasteiger partial charge in [-0.1, -0.05) is 12.1 Å². The largest absolute Gasteiger partial charge is 0.495 e. The summed E-state index contributed by atoms with van der Waals surface area (Å²) in [5.41, 5.74) is 1.17. The summed E-state index contributed by atoms with van der Waals surface area (Å²) in [6.07, 6.45) is 6.67. The number of guanidine groups is 1. The van der Waals surface area contributed by atoms with Gasteiger partial charge in [-0.2, -0.15) is 0 Å². The van der Waals surface area contributed by atoms with Gasteiger partial charge in [0.25, 0.3) is 0 Å². The monoisotopic (exact) mass is 370 g/mol. The van der Waals surface area contributed by atoms with Gasteiger partial charge in [0.15, 0.2) is 5.96 Å². The summed E-state index contributed by atoms with van der Waals surface area (Å²) in [5.74, 6) is 1.95. The molecule has 1 fully saturated rings. The third kappa shape index (κ3) is 5.15. The molecule has 2 heterocycles. The van der Waals surface area contributed by atoms with Crippen LogP contribution in [0.25, 0.3) is 0 Å². The maximum atomic E-state index is 5.51. The fourth-order valence-electron chi connectivity index (χ4n) is 3.33. The Kier molecular flexibility index (Phi) is 6.96. The van der Waals surface area contributed by atoms with Gasteiger partial charge >= 0.3 is 0 Å². The van der Waals surface area contributed by atoms with E-state index in [1.54, 1.807) is 7.11 Å². The van der Waals surface area contributed by atoms with Gasteiger partial charge in [0.2, 0.25) is 0 Å². The van der Waals surface area contributed by atoms with E-state index in [0.717, 1.165) is 63.9 Å². The van der Waals surface area contributed by atoms with E-state index >= 15 is 0 Å². The molecule has 7 nitrogen and oxygen atoms in total. The third-order valence-electron chi connectivity index (χ3n) is 4.74. The number of benzene rings is 1. The Labute approximate surface area is 161 Å². The number of para-hydroxylation sites is 2. The molecule has 1 saturated heterocycles. The highest BCUT2D eigenvalue weighted by molar-refractivity contribution is 5.80. The first kappa shape index (κ1) is 19.1. The number of aliphatic imine (C=N–C) groups is 1. The zero-order chi connectivity index (χ0) is 18.9. The standard InChI is InChI=1S/C20H30N6O/c1-3-22-20(23-9-6-11-24-12-10-21-17-24)26-15-13-25(14-16-26)18-7-4-5-8-19(18)27-2/h4-5,7-8,10,12,17H,3,6,9,11,13-16H2,1-2H3,(H,22,23). The molecule has 3 rings (SSSR count). The Morgan fingerprint density at radius 1 is 1.22 bits per heavy atom. The van der Waals surface area contributed by atoms with Crippen LogP contribution in [0.3, 0.4) is 0 Å². The fourth-order valence-corrected chi connectivity index (χ4v) is 3.33. The highest BCUT2D eigenvalue weighted by atomic mass is 16.5. The second kappa shape index (κ2) is 9.85. The van der Waals surface area contributed by atoms with Crippen LogP contribution in [-0.4, -0.2) is 66.8 Å². The van der Waals surface area contributed by atoms with Crippen molar-refractivity contribution in [3.63, 3.8) is 0 Å². The number of nitrogens with one attached hydrogen (secondary N) is 1. The average Bonchev–Trinajstić information content (AvgIpc) is 3.24. The summed E-state index contributed by atoms with van der Waals surface area (Å²) < 4.78 is 7.60. The second-order valence-electron chi connectivity index (χ2n) is 6.54. The van der Waals surface area contributed by atoms with Crippen LogP contribution < -0.4 is 15.0 Å². The van der Waals surface area contributed by atoms with Crippen LogP contribution in [0, 0.1) is 0 Å².